The number of pyridine rings is 1. The number of rotatable bonds is 6. The highest BCUT2D eigenvalue weighted by Gasteiger charge is 2.32. The molecule has 2 aromatic heterocycles. The first kappa shape index (κ1) is 18.2. The Morgan fingerprint density at radius 3 is 2.75 bits per heavy atom. The van der Waals surface area contributed by atoms with Gasteiger partial charge in [0.2, 0.25) is 5.91 Å². The van der Waals surface area contributed by atoms with Crippen LogP contribution in [0, 0.1) is 0 Å². The van der Waals surface area contributed by atoms with E-state index in [1.54, 1.807) is 35.3 Å². The van der Waals surface area contributed by atoms with Gasteiger partial charge in [-0.15, -0.1) is 0 Å². The van der Waals surface area contributed by atoms with E-state index in [0.29, 0.717) is 13.1 Å². The molecule has 7 heteroatoms. The van der Waals surface area contributed by atoms with Crippen molar-refractivity contribution in [3.05, 3.63) is 60.7 Å². The van der Waals surface area contributed by atoms with Crippen LogP contribution in [0.3, 0.4) is 0 Å². The molecule has 1 amide bonds. The predicted octanol–water partition coefficient (Wildman–Crippen LogP) is 2.39. The van der Waals surface area contributed by atoms with Crippen LogP contribution in [0.15, 0.2) is 55.1 Å². The molecule has 3 heterocycles. The van der Waals surface area contributed by atoms with Crippen molar-refractivity contribution in [3.63, 3.8) is 0 Å². The second-order valence-electron chi connectivity index (χ2n) is 6.85. The number of aryl methyl sites for hydroxylation is 1. The van der Waals surface area contributed by atoms with Gasteiger partial charge in [-0.2, -0.15) is 5.10 Å². The number of hydrogen-bond donors (Lipinski definition) is 1. The molecule has 3 aromatic rings. The number of nitrogens with one attached hydrogen (secondary N) is 1. The molecule has 1 saturated heterocycles. The number of benzene rings is 1. The van der Waals surface area contributed by atoms with Gasteiger partial charge in [0.05, 0.1) is 25.0 Å². The monoisotopic (exact) mass is 377 g/mol. The molecule has 4 rings (SSSR count). The highest BCUT2D eigenvalue weighted by Crippen LogP contribution is 2.27. The number of carbonyl (C=O) groups is 1. The number of amides is 1. The molecule has 0 radical (unpaired) electrons. The van der Waals surface area contributed by atoms with Crippen molar-refractivity contribution in [2.45, 2.75) is 19.0 Å². The summed E-state index contributed by atoms with van der Waals surface area (Å²) in [7, 11) is 3.51. The van der Waals surface area contributed by atoms with Crippen molar-refractivity contribution in [3.8, 4) is 16.9 Å². The van der Waals surface area contributed by atoms with E-state index in [0.717, 1.165) is 34.5 Å². The van der Waals surface area contributed by atoms with Crippen molar-refractivity contribution < 1.29 is 9.53 Å². The number of anilines is 1. The topological polar surface area (TPSA) is 72.3 Å². The highest BCUT2D eigenvalue weighted by atomic mass is 16.5. The van der Waals surface area contributed by atoms with Gasteiger partial charge in [-0.3, -0.25) is 14.5 Å². The van der Waals surface area contributed by atoms with Crippen molar-refractivity contribution in [1.29, 1.82) is 0 Å². The zero-order valence-electron chi connectivity index (χ0n) is 16.0. The van der Waals surface area contributed by atoms with Crippen LogP contribution in [-0.4, -0.2) is 40.4 Å². The highest BCUT2D eigenvalue weighted by molar-refractivity contribution is 5.99. The maximum absolute atomic E-state index is 12.8. The van der Waals surface area contributed by atoms with E-state index < -0.39 is 0 Å². The summed E-state index contributed by atoms with van der Waals surface area (Å²) >= 11 is 0. The van der Waals surface area contributed by atoms with Crippen molar-refractivity contribution in [1.82, 2.24) is 20.1 Å². The van der Waals surface area contributed by atoms with Crippen molar-refractivity contribution in [2.24, 2.45) is 7.05 Å². The third kappa shape index (κ3) is 3.61. The fourth-order valence-corrected chi connectivity index (χ4v) is 3.55. The van der Waals surface area contributed by atoms with Gasteiger partial charge in [-0.1, -0.05) is 6.07 Å². The minimum absolute atomic E-state index is 0.0808. The minimum atomic E-state index is -0.213. The number of ether oxygens (including phenoxy) is 1. The van der Waals surface area contributed by atoms with Gasteiger partial charge in [0.25, 0.3) is 0 Å². The maximum Gasteiger partial charge on any atom is 0.244 e. The molecular weight excluding hydrogens is 354 g/mol. The van der Waals surface area contributed by atoms with Crippen molar-refractivity contribution in [2.75, 3.05) is 18.6 Å². The van der Waals surface area contributed by atoms with Crippen LogP contribution in [0.5, 0.6) is 5.75 Å². The second-order valence-corrected chi connectivity index (χ2v) is 6.85. The summed E-state index contributed by atoms with van der Waals surface area (Å²) in [4.78, 5) is 18.6. The Balaban J connectivity index is 1.48. The lowest BCUT2D eigenvalue weighted by Gasteiger charge is -2.16. The zero-order valence-corrected chi connectivity index (χ0v) is 16.0. The number of methoxy groups -OCH3 is 1. The lowest BCUT2D eigenvalue weighted by Crippen LogP contribution is -2.38. The van der Waals surface area contributed by atoms with E-state index in [2.05, 4.69) is 21.5 Å². The molecule has 1 aliphatic heterocycles. The molecule has 1 unspecified atom stereocenters. The first-order chi connectivity index (χ1) is 13.7. The molecule has 1 aliphatic rings. The fourth-order valence-electron chi connectivity index (χ4n) is 3.55. The summed E-state index contributed by atoms with van der Waals surface area (Å²) in [6.07, 6.45) is 7.91. The Morgan fingerprint density at radius 1 is 1.21 bits per heavy atom. The first-order valence-electron chi connectivity index (χ1n) is 9.26. The van der Waals surface area contributed by atoms with Gasteiger partial charge in [0, 0.05) is 44.3 Å². The first-order valence-corrected chi connectivity index (χ1v) is 9.26. The van der Waals surface area contributed by atoms with E-state index in [1.165, 1.54) is 0 Å². The summed E-state index contributed by atoms with van der Waals surface area (Å²) < 4.78 is 7.22. The van der Waals surface area contributed by atoms with Crippen LogP contribution in [0.2, 0.25) is 0 Å². The second kappa shape index (κ2) is 7.82. The molecule has 144 valence electrons. The maximum atomic E-state index is 12.8. The van der Waals surface area contributed by atoms with Gasteiger partial charge in [0.1, 0.15) is 5.75 Å². The standard InChI is InChI=1S/C21H23N5O2/c1-25-14-18(13-24-25)26-10-7-19(21(26)27)23-12-17-11-16(3-4-20(17)28-2)15-5-8-22-9-6-15/h3-6,8-9,11,13-14,19,23H,7,10,12H2,1-2H3. The van der Waals surface area contributed by atoms with Crippen LogP contribution in [0.25, 0.3) is 11.1 Å². The lowest BCUT2D eigenvalue weighted by atomic mass is 10.0. The van der Waals surface area contributed by atoms with Crippen LogP contribution in [0.4, 0.5) is 5.69 Å². The average Bonchev–Trinajstić information content (AvgIpc) is 3.32. The van der Waals surface area contributed by atoms with E-state index in [4.69, 9.17) is 4.74 Å². The molecular formula is C21H23N5O2. The van der Waals surface area contributed by atoms with Gasteiger partial charge >= 0.3 is 0 Å². The number of nitrogens with zero attached hydrogens (tertiary/aromatic N) is 4. The Labute approximate surface area is 164 Å². The molecule has 28 heavy (non-hydrogen) atoms. The number of carbonyl (C=O) groups excluding carboxylic acids is 1. The zero-order chi connectivity index (χ0) is 19.5. The molecule has 7 nitrogen and oxygen atoms in total. The molecule has 1 fully saturated rings. The predicted molar refractivity (Wildman–Crippen MR) is 107 cm³/mol. The van der Waals surface area contributed by atoms with Crippen molar-refractivity contribution >= 4 is 11.6 Å². The quantitative estimate of drug-likeness (QED) is 0.714. The summed E-state index contributed by atoms with van der Waals surface area (Å²) in [5.41, 5.74) is 4.05. The number of hydrogen-bond acceptors (Lipinski definition) is 5. The van der Waals surface area contributed by atoms with E-state index >= 15 is 0 Å². The Bertz CT molecular complexity index is 970. The molecule has 1 aromatic carbocycles. The third-order valence-electron chi connectivity index (χ3n) is 5.04. The molecule has 0 bridgehead atoms. The number of aromatic nitrogens is 3. The van der Waals surface area contributed by atoms with Crippen LogP contribution in [-0.2, 0) is 18.4 Å². The van der Waals surface area contributed by atoms with Crippen LogP contribution in [0.1, 0.15) is 12.0 Å². The minimum Gasteiger partial charge on any atom is -0.496 e. The van der Waals surface area contributed by atoms with Gasteiger partial charge in [0.15, 0.2) is 0 Å². The molecule has 0 aliphatic carbocycles. The SMILES string of the molecule is COc1ccc(-c2ccncc2)cc1CNC1CCN(c2cnn(C)c2)C1=O. The molecule has 1 atom stereocenters. The van der Waals surface area contributed by atoms with E-state index in [1.807, 2.05) is 37.5 Å². The summed E-state index contributed by atoms with van der Waals surface area (Å²) in [5.74, 6) is 0.886. The Hall–Kier alpha value is -3.19. The lowest BCUT2D eigenvalue weighted by molar-refractivity contribution is -0.118. The third-order valence-corrected chi connectivity index (χ3v) is 5.04. The molecule has 0 spiro atoms. The average molecular weight is 377 g/mol. The van der Waals surface area contributed by atoms with Crippen LogP contribution < -0.4 is 15.0 Å². The summed E-state index contributed by atoms with van der Waals surface area (Å²) in [6.45, 7) is 1.25. The van der Waals surface area contributed by atoms with E-state index in [-0.39, 0.29) is 11.9 Å². The van der Waals surface area contributed by atoms with E-state index in [9.17, 15) is 4.79 Å². The van der Waals surface area contributed by atoms with Gasteiger partial charge in [-0.05, 0) is 41.8 Å². The summed E-state index contributed by atoms with van der Waals surface area (Å²) in [6, 6.07) is 9.83. The Morgan fingerprint density at radius 2 is 2.04 bits per heavy atom. The fraction of sp³-hybridized carbons (Fsp3) is 0.286. The molecule has 1 N–H and O–H groups in total. The van der Waals surface area contributed by atoms with Gasteiger partial charge < -0.3 is 15.0 Å². The summed E-state index contributed by atoms with van der Waals surface area (Å²) in [5, 5.41) is 7.55. The smallest absolute Gasteiger partial charge is 0.244 e. The van der Waals surface area contributed by atoms with Crippen LogP contribution >= 0.6 is 0 Å². The largest absolute Gasteiger partial charge is 0.496 e. The Kier molecular flexibility index (Phi) is 5.08. The molecule has 0 saturated carbocycles. The van der Waals surface area contributed by atoms with Gasteiger partial charge in [-0.25, -0.2) is 0 Å². The normalized spacial score (nSPS) is 16.6.